The summed E-state index contributed by atoms with van der Waals surface area (Å²) in [6.07, 6.45) is 6.59. The number of hydrogen-bond acceptors (Lipinski definition) is 5. The van der Waals surface area contributed by atoms with Gasteiger partial charge in [0.25, 0.3) is 0 Å². The van der Waals surface area contributed by atoms with Crippen LogP contribution in [0.2, 0.25) is 0 Å². The lowest BCUT2D eigenvalue weighted by Gasteiger charge is -2.29. The molecule has 8 heteroatoms. The van der Waals surface area contributed by atoms with Gasteiger partial charge >= 0.3 is 0 Å². The zero-order chi connectivity index (χ0) is 19.8. The van der Waals surface area contributed by atoms with E-state index in [4.69, 9.17) is 23.1 Å². The number of carbonyl (C=O) groups excluding carboxylic acids is 1. The number of amides is 1. The molecular formula is C20H29N5OS2. The predicted octanol–water partition coefficient (Wildman–Crippen LogP) is 3.35. The van der Waals surface area contributed by atoms with Gasteiger partial charge in [-0.15, -0.1) is 16.4 Å². The van der Waals surface area contributed by atoms with Crippen molar-refractivity contribution in [3.8, 4) is 10.7 Å². The molecule has 1 atom stereocenters. The van der Waals surface area contributed by atoms with Gasteiger partial charge in [0.05, 0.1) is 11.5 Å². The number of aryl methyl sites for hydroxylation is 1. The van der Waals surface area contributed by atoms with Crippen molar-refractivity contribution in [3.63, 3.8) is 0 Å². The molecule has 1 saturated heterocycles. The third-order valence-corrected chi connectivity index (χ3v) is 8.07. The van der Waals surface area contributed by atoms with E-state index in [2.05, 4.69) is 17.9 Å². The number of hydrogen-bond donors (Lipinski definition) is 1. The predicted molar refractivity (Wildman–Crippen MR) is 115 cm³/mol. The molecule has 1 aliphatic heterocycles. The first-order chi connectivity index (χ1) is 13.5. The van der Waals surface area contributed by atoms with Crippen molar-refractivity contribution in [2.45, 2.75) is 52.1 Å². The number of nitrogens with zero attached hydrogens (tertiary/aromatic N) is 4. The zero-order valence-electron chi connectivity index (χ0n) is 16.7. The normalized spacial score (nSPS) is 21.0. The monoisotopic (exact) mass is 419 g/mol. The van der Waals surface area contributed by atoms with Gasteiger partial charge < -0.3 is 10.3 Å². The van der Waals surface area contributed by atoms with E-state index < -0.39 is 0 Å². The van der Waals surface area contributed by atoms with Gasteiger partial charge in [-0.2, -0.15) is 0 Å². The Hall–Kier alpha value is -1.51. The Kier molecular flexibility index (Phi) is 5.71. The molecule has 0 saturated carbocycles. The minimum Gasteiger partial charge on any atom is -0.369 e. The van der Waals surface area contributed by atoms with E-state index in [-0.39, 0.29) is 11.8 Å². The van der Waals surface area contributed by atoms with Crippen molar-refractivity contribution in [2.75, 3.05) is 13.1 Å². The summed E-state index contributed by atoms with van der Waals surface area (Å²) < 4.78 is 4.69. The van der Waals surface area contributed by atoms with E-state index in [1.54, 1.807) is 0 Å². The highest BCUT2D eigenvalue weighted by molar-refractivity contribution is 7.71. The zero-order valence-corrected chi connectivity index (χ0v) is 18.3. The minimum absolute atomic E-state index is 0.00732. The van der Waals surface area contributed by atoms with E-state index in [1.165, 1.54) is 41.0 Å². The molecule has 2 aromatic rings. The van der Waals surface area contributed by atoms with Crippen molar-refractivity contribution < 1.29 is 4.79 Å². The second kappa shape index (κ2) is 8.08. The Bertz CT molecular complexity index is 920. The molecule has 0 bridgehead atoms. The molecule has 0 aromatic carbocycles. The number of rotatable bonds is 5. The van der Waals surface area contributed by atoms with Crippen molar-refractivity contribution in [1.29, 1.82) is 0 Å². The van der Waals surface area contributed by atoms with Gasteiger partial charge in [-0.1, -0.05) is 13.3 Å². The average molecular weight is 420 g/mol. The van der Waals surface area contributed by atoms with Crippen LogP contribution in [0.5, 0.6) is 0 Å². The second-order valence-corrected chi connectivity index (χ2v) is 9.68. The van der Waals surface area contributed by atoms with Crippen LogP contribution in [0, 0.1) is 16.6 Å². The molecule has 2 N–H and O–H groups in total. The highest BCUT2D eigenvalue weighted by atomic mass is 32.1. The Morgan fingerprint density at radius 1 is 1.36 bits per heavy atom. The van der Waals surface area contributed by atoms with Gasteiger partial charge in [-0.3, -0.25) is 9.69 Å². The molecule has 2 aromatic heterocycles. The van der Waals surface area contributed by atoms with E-state index in [0.29, 0.717) is 6.67 Å². The van der Waals surface area contributed by atoms with E-state index in [9.17, 15) is 4.79 Å². The van der Waals surface area contributed by atoms with Crippen LogP contribution in [0.4, 0.5) is 0 Å². The lowest BCUT2D eigenvalue weighted by atomic mass is 9.87. The third kappa shape index (κ3) is 3.82. The smallest absolute Gasteiger partial charge is 0.220 e. The molecule has 28 heavy (non-hydrogen) atoms. The standard InChI is InChI=1S/C20H29N5OS2/c1-3-13-4-5-16-15(10-13)11-17(28-16)19-22-25(20(27)23(19)2)12-24-8-6-14(7-9-24)18(21)26/h11,13-14H,3-10,12H2,1-2H3,(H2,21,26)/t13-/m0/s1. The Balaban J connectivity index is 1.51. The lowest BCUT2D eigenvalue weighted by molar-refractivity contribution is -0.123. The number of nitrogens with two attached hydrogens (primary N) is 1. The molecule has 6 nitrogen and oxygen atoms in total. The van der Waals surface area contributed by atoms with Gasteiger partial charge in [-0.05, 0) is 61.9 Å². The molecule has 4 rings (SSSR count). The Morgan fingerprint density at radius 3 is 2.79 bits per heavy atom. The summed E-state index contributed by atoms with van der Waals surface area (Å²) in [4.78, 5) is 16.4. The number of aromatic nitrogens is 3. The molecule has 0 radical (unpaired) electrons. The summed E-state index contributed by atoms with van der Waals surface area (Å²) in [5, 5.41) is 4.86. The molecule has 1 amide bonds. The number of fused-ring (bicyclic) bond motifs is 1. The van der Waals surface area contributed by atoms with Crippen LogP contribution in [0.1, 0.15) is 43.0 Å². The van der Waals surface area contributed by atoms with Crippen LogP contribution in [0.15, 0.2) is 6.07 Å². The third-order valence-electron chi connectivity index (χ3n) is 6.35. The minimum atomic E-state index is -0.177. The summed E-state index contributed by atoms with van der Waals surface area (Å²) >= 11 is 7.54. The van der Waals surface area contributed by atoms with Crippen LogP contribution in [-0.2, 0) is 31.4 Å². The van der Waals surface area contributed by atoms with Crippen molar-refractivity contribution in [3.05, 3.63) is 21.3 Å². The Labute approximate surface area is 175 Å². The highest BCUT2D eigenvalue weighted by Gasteiger charge is 2.25. The fourth-order valence-electron chi connectivity index (χ4n) is 4.40. The van der Waals surface area contributed by atoms with Crippen molar-refractivity contribution in [1.82, 2.24) is 19.2 Å². The van der Waals surface area contributed by atoms with Gasteiger partial charge in [0, 0.05) is 30.9 Å². The lowest BCUT2D eigenvalue weighted by Crippen LogP contribution is -2.39. The Morgan fingerprint density at radius 2 is 2.11 bits per heavy atom. The number of piperidine rings is 1. The van der Waals surface area contributed by atoms with E-state index in [1.807, 2.05) is 27.6 Å². The van der Waals surface area contributed by atoms with Crippen LogP contribution in [-0.4, -0.2) is 38.2 Å². The average Bonchev–Trinajstić information content (AvgIpc) is 3.24. The molecular weight excluding hydrogens is 390 g/mol. The second-order valence-electron chi connectivity index (χ2n) is 8.18. The maximum Gasteiger partial charge on any atom is 0.220 e. The van der Waals surface area contributed by atoms with Crippen LogP contribution in [0.25, 0.3) is 10.7 Å². The number of likely N-dealkylation sites (tertiary alicyclic amines) is 1. The van der Waals surface area contributed by atoms with Gasteiger partial charge in [0.1, 0.15) is 0 Å². The molecule has 0 unspecified atom stereocenters. The quantitative estimate of drug-likeness (QED) is 0.755. The van der Waals surface area contributed by atoms with E-state index in [0.717, 1.165) is 42.4 Å². The summed E-state index contributed by atoms with van der Waals surface area (Å²) in [5.41, 5.74) is 6.95. The van der Waals surface area contributed by atoms with Crippen LogP contribution >= 0.6 is 23.6 Å². The summed E-state index contributed by atoms with van der Waals surface area (Å²) in [6.45, 7) is 4.67. The number of thiophene rings is 1. The molecule has 1 aliphatic carbocycles. The van der Waals surface area contributed by atoms with Crippen molar-refractivity contribution in [2.24, 2.45) is 24.6 Å². The summed E-state index contributed by atoms with van der Waals surface area (Å²) in [5.74, 6) is 1.61. The van der Waals surface area contributed by atoms with Crippen LogP contribution < -0.4 is 5.73 Å². The van der Waals surface area contributed by atoms with Crippen LogP contribution in [0.3, 0.4) is 0 Å². The topological polar surface area (TPSA) is 69.1 Å². The van der Waals surface area contributed by atoms with Gasteiger partial charge in [-0.25, -0.2) is 4.68 Å². The molecule has 3 heterocycles. The maximum atomic E-state index is 11.4. The number of carbonyl (C=O) groups is 1. The fraction of sp³-hybridized carbons (Fsp3) is 0.650. The fourth-order valence-corrected chi connectivity index (χ4v) is 5.81. The maximum absolute atomic E-state index is 11.4. The van der Waals surface area contributed by atoms with E-state index >= 15 is 0 Å². The molecule has 152 valence electrons. The molecule has 0 spiro atoms. The van der Waals surface area contributed by atoms with Gasteiger partial charge in [0.15, 0.2) is 10.6 Å². The SMILES string of the molecule is CC[C@H]1CCc2sc(-c3nn(CN4CCC(C(N)=O)CC4)c(=S)n3C)cc2C1. The summed E-state index contributed by atoms with van der Waals surface area (Å²) in [7, 11) is 2.01. The highest BCUT2D eigenvalue weighted by Crippen LogP contribution is 2.37. The number of primary amides is 1. The van der Waals surface area contributed by atoms with Gasteiger partial charge in [0.2, 0.25) is 5.91 Å². The molecule has 1 fully saturated rings. The first-order valence-electron chi connectivity index (χ1n) is 10.2. The first kappa shape index (κ1) is 19.8. The largest absolute Gasteiger partial charge is 0.369 e. The summed E-state index contributed by atoms with van der Waals surface area (Å²) in [6, 6.07) is 2.33. The van der Waals surface area contributed by atoms with Crippen molar-refractivity contribution >= 4 is 29.5 Å². The first-order valence-corrected chi connectivity index (χ1v) is 11.5. The molecule has 2 aliphatic rings.